The van der Waals surface area contributed by atoms with E-state index in [1.54, 1.807) is 0 Å². The summed E-state index contributed by atoms with van der Waals surface area (Å²) in [6, 6.07) is 10.9. The van der Waals surface area contributed by atoms with E-state index in [9.17, 15) is 0 Å². The average molecular weight is 211 g/mol. The van der Waals surface area contributed by atoms with Crippen molar-refractivity contribution >= 4 is 11.8 Å². The monoisotopic (exact) mass is 210 g/mol. The Bertz CT molecular complexity index is 276. The van der Waals surface area contributed by atoms with Crippen molar-refractivity contribution in [2.24, 2.45) is 0 Å². The normalized spacial score (nSPS) is 23.6. The molecule has 0 aliphatic carbocycles. The summed E-state index contributed by atoms with van der Waals surface area (Å²) < 4.78 is 1.92. The predicted molar refractivity (Wildman–Crippen MR) is 59.4 cm³/mol. The largest absolute Gasteiger partial charge is 0.314 e. The van der Waals surface area contributed by atoms with E-state index >= 15 is 0 Å². The Kier molecular flexibility index (Phi) is 3.40. The molecule has 0 spiro atoms. The van der Waals surface area contributed by atoms with E-state index < -0.39 is 0 Å². The van der Waals surface area contributed by atoms with Gasteiger partial charge in [-0.1, -0.05) is 30.3 Å². The van der Waals surface area contributed by atoms with Crippen LogP contribution in [0.25, 0.3) is 0 Å². The molecular formula is C11H15ClN2. The highest BCUT2D eigenvalue weighted by Gasteiger charge is 2.20. The lowest BCUT2D eigenvalue weighted by molar-refractivity contribution is 0.278. The van der Waals surface area contributed by atoms with E-state index in [0.717, 1.165) is 26.1 Å². The lowest BCUT2D eigenvalue weighted by atomic mass is 10.1. The molecule has 0 aromatic heterocycles. The molecule has 1 atom stereocenters. The summed E-state index contributed by atoms with van der Waals surface area (Å²) in [5.74, 6) is 0. The van der Waals surface area contributed by atoms with Crippen LogP contribution in [0.4, 0.5) is 0 Å². The molecule has 1 aromatic rings. The Hall–Kier alpha value is -0.570. The number of hydrogen-bond acceptors (Lipinski definition) is 2. The Morgan fingerprint density at radius 1 is 1.36 bits per heavy atom. The van der Waals surface area contributed by atoms with Crippen molar-refractivity contribution in [3.63, 3.8) is 0 Å². The Labute approximate surface area is 90.0 Å². The molecule has 1 fully saturated rings. The zero-order valence-corrected chi connectivity index (χ0v) is 8.87. The molecule has 2 rings (SSSR count). The minimum atomic E-state index is 0.424. The van der Waals surface area contributed by atoms with Gasteiger partial charge in [-0.25, -0.2) is 4.42 Å². The molecule has 3 heteroatoms. The van der Waals surface area contributed by atoms with Crippen molar-refractivity contribution in [3.8, 4) is 0 Å². The molecule has 1 aliphatic heterocycles. The van der Waals surface area contributed by atoms with Crippen molar-refractivity contribution in [1.29, 1.82) is 0 Å². The average Bonchev–Trinajstić information content (AvgIpc) is 2.23. The molecule has 0 bridgehead atoms. The summed E-state index contributed by atoms with van der Waals surface area (Å²) in [6.07, 6.45) is 1.03. The summed E-state index contributed by atoms with van der Waals surface area (Å²) in [4.78, 5) is 0. The molecule has 1 aliphatic rings. The van der Waals surface area contributed by atoms with Crippen LogP contribution in [0.2, 0.25) is 0 Å². The van der Waals surface area contributed by atoms with Crippen molar-refractivity contribution in [2.75, 3.05) is 19.6 Å². The first-order valence-electron chi connectivity index (χ1n) is 5.03. The number of nitrogens with zero attached hydrogens (tertiary/aromatic N) is 1. The third kappa shape index (κ3) is 2.47. The lowest BCUT2D eigenvalue weighted by Gasteiger charge is -2.30. The van der Waals surface area contributed by atoms with Crippen molar-refractivity contribution in [2.45, 2.75) is 12.5 Å². The minimum absolute atomic E-state index is 0.424. The maximum Gasteiger partial charge on any atom is 0.0417 e. The van der Waals surface area contributed by atoms with Gasteiger partial charge >= 0.3 is 0 Å². The van der Waals surface area contributed by atoms with Crippen LogP contribution < -0.4 is 5.32 Å². The fraction of sp³-hybridized carbons (Fsp3) is 0.455. The molecule has 1 N–H and O–H groups in total. The molecule has 1 aromatic carbocycles. The van der Waals surface area contributed by atoms with Crippen LogP contribution in [0.1, 0.15) is 5.56 Å². The van der Waals surface area contributed by atoms with Gasteiger partial charge in [-0.2, -0.15) is 0 Å². The van der Waals surface area contributed by atoms with E-state index in [1.165, 1.54) is 5.56 Å². The molecule has 1 unspecified atom stereocenters. The third-order valence-corrected chi connectivity index (χ3v) is 3.04. The molecule has 0 radical (unpaired) electrons. The minimum Gasteiger partial charge on any atom is -0.314 e. The van der Waals surface area contributed by atoms with E-state index in [2.05, 4.69) is 29.6 Å². The van der Waals surface area contributed by atoms with Gasteiger partial charge in [-0.15, -0.1) is 0 Å². The molecule has 1 heterocycles. The Morgan fingerprint density at radius 3 is 2.86 bits per heavy atom. The van der Waals surface area contributed by atoms with Gasteiger partial charge in [0.2, 0.25) is 0 Å². The molecule has 2 nitrogen and oxygen atoms in total. The second-order valence-electron chi connectivity index (χ2n) is 3.67. The van der Waals surface area contributed by atoms with Gasteiger partial charge in [0.1, 0.15) is 0 Å². The smallest absolute Gasteiger partial charge is 0.0417 e. The first-order chi connectivity index (χ1) is 6.86. The van der Waals surface area contributed by atoms with Gasteiger partial charge in [0.15, 0.2) is 0 Å². The second-order valence-corrected chi connectivity index (χ2v) is 4.11. The molecule has 1 saturated heterocycles. The summed E-state index contributed by atoms with van der Waals surface area (Å²) >= 11 is 6.13. The van der Waals surface area contributed by atoms with Crippen LogP contribution in [0.15, 0.2) is 30.3 Å². The van der Waals surface area contributed by atoms with Gasteiger partial charge in [0, 0.05) is 25.7 Å². The standard InChI is InChI=1S/C11H15ClN2/c12-14-7-6-13-9-11(14)8-10-4-2-1-3-5-10/h1-5,11,13H,6-9H2. The number of rotatable bonds is 2. The molecule has 14 heavy (non-hydrogen) atoms. The van der Waals surface area contributed by atoms with E-state index in [4.69, 9.17) is 11.8 Å². The molecule has 0 amide bonds. The van der Waals surface area contributed by atoms with Crippen LogP contribution >= 0.6 is 11.8 Å². The summed E-state index contributed by atoms with van der Waals surface area (Å²) in [5.41, 5.74) is 1.35. The predicted octanol–water partition coefficient (Wildman–Crippen LogP) is 1.66. The van der Waals surface area contributed by atoms with Gasteiger partial charge in [-0.3, -0.25) is 0 Å². The quantitative estimate of drug-likeness (QED) is 0.747. The van der Waals surface area contributed by atoms with Crippen LogP contribution in [-0.2, 0) is 6.42 Å². The fourth-order valence-corrected chi connectivity index (χ4v) is 2.02. The first-order valence-corrected chi connectivity index (χ1v) is 5.37. The third-order valence-electron chi connectivity index (χ3n) is 2.59. The van der Waals surface area contributed by atoms with E-state index in [-0.39, 0.29) is 0 Å². The summed E-state index contributed by atoms with van der Waals surface area (Å²) in [7, 11) is 0. The van der Waals surface area contributed by atoms with E-state index in [1.807, 2.05) is 10.5 Å². The van der Waals surface area contributed by atoms with Crippen molar-refractivity contribution in [3.05, 3.63) is 35.9 Å². The lowest BCUT2D eigenvalue weighted by Crippen LogP contribution is -2.47. The Morgan fingerprint density at radius 2 is 2.14 bits per heavy atom. The number of piperazine rings is 1. The number of hydrogen-bond donors (Lipinski definition) is 1. The molecular weight excluding hydrogens is 196 g/mol. The topological polar surface area (TPSA) is 15.3 Å². The number of halogens is 1. The zero-order chi connectivity index (χ0) is 9.80. The highest BCUT2D eigenvalue weighted by atomic mass is 35.5. The van der Waals surface area contributed by atoms with E-state index in [0.29, 0.717) is 6.04 Å². The maximum atomic E-state index is 6.13. The number of benzene rings is 1. The van der Waals surface area contributed by atoms with Gasteiger partial charge in [-0.05, 0) is 23.8 Å². The van der Waals surface area contributed by atoms with Crippen LogP contribution in [0.5, 0.6) is 0 Å². The van der Waals surface area contributed by atoms with Crippen molar-refractivity contribution < 1.29 is 0 Å². The van der Waals surface area contributed by atoms with Crippen LogP contribution in [0.3, 0.4) is 0 Å². The van der Waals surface area contributed by atoms with Crippen LogP contribution in [-0.4, -0.2) is 30.1 Å². The highest BCUT2D eigenvalue weighted by Crippen LogP contribution is 2.12. The SMILES string of the molecule is ClN1CCNCC1Cc1ccccc1. The first kappa shape index (κ1) is 9.97. The van der Waals surface area contributed by atoms with Gasteiger partial charge in [0.05, 0.1) is 0 Å². The Balaban J connectivity index is 1.96. The molecule has 76 valence electrons. The van der Waals surface area contributed by atoms with Crippen molar-refractivity contribution in [1.82, 2.24) is 9.74 Å². The maximum absolute atomic E-state index is 6.13. The number of nitrogens with one attached hydrogen (secondary N) is 1. The highest BCUT2D eigenvalue weighted by molar-refractivity contribution is 6.13. The summed E-state index contributed by atoms with van der Waals surface area (Å²) in [6.45, 7) is 2.91. The van der Waals surface area contributed by atoms with Crippen LogP contribution in [0, 0.1) is 0 Å². The molecule has 0 saturated carbocycles. The van der Waals surface area contributed by atoms with Gasteiger partial charge in [0.25, 0.3) is 0 Å². The summed E-state index contributed by atoms with van der Waals surface area (Å²) in [5, 5.41) is 3.36. The zero-order valence-electron chi connectivity index (χ0n) is 8.12. The van der Waals surface area contributed by atoms with Gasteiger partial charge < -0.3 is 5.32 Å². The fourth-order valence-electron chi connectivity index (χ4n) is 1.79. The second kappa shape index (κ2) is 4.78.